The van der Waals surface area contributed by atoms with Crippen LogP contribution in [0.1, 0.15) is 69.4 Å². The van der Waals surface area contributed by atoms with Gasteiger partial charge >= 0.3 is 0 Å². The van der Waals surface area contributed by atoms with Crippen molar-refractivity contribution in [2.75, 3.05) is 13.2 Å². The van der Waals surface area contributed by atoms with E-state index in [-0.39, 0.29) is 18.2 Å². The van der Waals surface area contributed by atoms with Gasteiger partial charge in [0, 0.05) is 63.5 Å². The van der Waals surface area contributed by atoms with Crippen molar-refractivity contribution >= 4 is 50.7 Å². The van der Waals surface area contributed by atoms with Crippen molar-refractivity contribution in [1.29, 1.82) is 0 Å². The number of carbonyl (C=O) groups excluding carboxylic acids is 2. The highest BCUT2D eigenvalue weighted by atomic mass is 79.9. The maximum Gasteiger partial charge on any atom is 0.175 e. The molecule has 2 aromatic carbocycles. The number of rotatable bonds is 7. The van der Waals surface area contributed by atoms with Gasteiger partial charge in [0.1, 0.15) is 6.61 Å². The van der Waals surface area contributed by atoms with E-state index in [1.54, 1.807) is 12.1 Å². The summed E-state index contributed by atoms with van der Waals surface area (Å²) in [4.78, 5) is 29.1. The lowest BCUT2D eigenvalue weighted by molar-refractivity contribution is -0.117. The van der Waals surface area contributed by atoms with Gasteiger partial charge in [-0.05, 0) is 85.3 Å². The number of halogens is 3. The van der Waals surface area contributed by atoms with E-state index in [0.29, 0.717) is 45.5 Å². The summed E-state index contributed by atoms with van der Waals surface area (Å²) in [7, 11) is 0. The summed E-state index contributed by atoms with van der Waals surface area (Å²) < 4.78 is 12.9. The minimum Gasteiger partial charge on any atom is -0.490 e. The van der Waals surface area contributed by atoms with Gasteiger partial charge in [0.15, 0.2) is 23.1 Å². The first-order chi connectivity index (χ1) is 18.3. The Labute approximate surface area is 241 Å². The molecule has 0 fully saturated rings. The Morgan fingerprint density at radius 2 is 1.58 bits per heavy atom. The van der Waals surface area contributed by atoms with Gasteiger partial charge in [0.2, 0.25) is 0 Å². The number of hydrogen-bond acceptors (Lipinski definition) is 5. The quantitative estimate of drug-likeness (QED) is 0.313. The Hall–Kier alpha value is -2.28. The molecule has 3 aliphatic rings. The lowest BCUT2D eigenvalue weighted by Gasteiger charge is -2.43. The van der Waals surface area contributed by atoms with Crippen LogP contribution in [0.2, 0.25) is 10.0 Å². The van der Waals surface area contributed by atoms with Crippen molar-refractivity contribution in [2.45, 2.75) is 64.9 Å². The van der Waals surface area contributed by atoms with E-state index in [1.165, 1.54) is 0 Å². The third kappa shape index (κ3) is 5.03. The van der Waals surface area contributed by atoms with Crippen LogP contribution in [-0.4, -0.2) is 29.6 Å². The number of benzene rings is 2. The fourth-order valence-electron chi connectivity index (χ4n) is 5.88. The number of allylic oxidation sites excluding steroid dienone is 4. The highest BCUT2D eigenvalue weighted by molar-refractivity contribution is 9.10. The van der Waals surface area contributed by atoms with E-state index in [4.69, 9.17) is 32.7 Å². The molecular formula is C30H30BrCl2NO4. The predicted octanol–water partition coefficient (Wildman–Crippen LogP) is 8.17. The van der Waals surface area contributed by atoms with Crippen LogP contribution in [0, 0.1) is 0 Å². The van der Waals surface area contributed by atoms with Crippen LogP contribution in [0.5, 0.6) is 11.5 Å². The number of carbonyl (C=O) groups is 2. The largest absolute Gasteiger partial charge is 0.490 e. The van der Waals surface area contributed by atoms with Gasteiger partial charge in [-0.1, -0.05) is 29.3 Å². The molecule has 2 aliphatic carbocycles. The number of ketones is 2. The summed E-state index contributed by atoms with van der Waals surface area (Å²) in [5, 5.41) is 1.08. The molecule has 1 aliphatic heterocycles. The summed E-state index contributed by atoms with van der Waals surface area (Å²) in [6.45, 7) is 5.42. The summed E-state index contributed by atoms with van der Waals surface area (Å²) >= 11 is 16.1. The molecule has 5 nitrogen and oxygen atoms in total. The van der Waals surface area contributed by atoms with Crippen LogP contribution in [-0.2, 0) is 16.2 Å². The second kappa shape index (κ2) is 11.4. The van der Waals surface area contributed by atoms with Gasteiger partial charge in [0.05, 0.1) is 11.1 Å². The first kappa shape index (κ1) is 27.3. The zero-order chi connectivity index (χ0) is 27.0. The lowest BCUT2D eigenvalue weighted by Crippen LogP contribution is -2.39. The normalized spacial score (nSPS) is 18.1. The molecule has 0 bridgehead atoms. The van der Waals surface area contributed by atoms with Crippen molar-refractivity contribution in [1.82, 2.24) is 4.90 Å². The van der Waals surface area contributed by atoms with Crippen molar-refractivity contribution in [2.24, 2.45) is 0 Å². The number of nitrogens with zero attached hydrogens (tertiary/aromatic N) is 1. The molecule has 2 aromatic rings. The molecule has 0 radical (unpaired) electrons. The standard InChI is InChI=1S/C30H30BrCl2NO4/c1-3-34-22-7-5-9-24(35)28(22)27(29-23(34)8-6-10-25(29)36)18-13-20(31)30(26(14-18)37-4-2)38-16-17-11-12-19(32)15-21(17)33/h11-15,27H,3-10,16H2,1-2H3. The molecule has 8 heteroatoms. The Balaban J connectivity index is 1.60. The lowest BCUT2D eigenvalue weighted by atomic mass is 9.71. The molecule has 1 heterocycles. The predicted molar refractivity (Wildman–Crippen MR) is 153 cm³/mol. The molecule has 0 saturated heterocycles. The van der Waals surface area contributed by atoms with E-state index in [2.05, 4.69) is 27.8 Å². The summed E-state index contributed by atoms with van der Waals surface area (Å²) in [6.07, 6.45) is 4.38. The van der Waals surface area contributed by atoms with E-state index < -0.39 is 5.92 Å². The van der Waals surface area contributed by atoms with E-state index in [9.17, 15) is 9.59 Å². The van der Waals surface area contributed by atoms with E-state index >= 15 is 0 Å². The van der Waals surface area contributed by atoms with Gasteiger partial charge in [-0.25, -0.2) is 0 Å². The molecule has 0 N–H and O–H groups in total. The summed E-state index contributed by atoms with van der Waals surface area (Å²) in [5.74, 6) is 0.952. The maximum atomic E-state index is 13.4. The second-order valence-corrected chi connectivity index (χ2v) is 11.4. The average Bonchev–Trinajstić information content (AvgIpc) is 2.88. The number of Topliss-reactive ketones (excluding diaryl/α,β-unsaturated/α-hetero) is 2. The molecule has 0 saturated carbocycles. The third-order valence-corrected chi connectivity index (χ3v) is 8.63. The van der Waals surface area contributed by atoms with Gasteiger partial charge in [0.25, 0.3) is 0 Å². The molecule has 0 unspecified atom stereocenters. The number of ether oxygens (including phenoxy) is 2. The molecule has 0 amide bonds. The molecule has 0 aromatic heterocycles. The monoisotopic (exact) mass is 617 g/mol. The van der Waals surface area contributed by atoms with Crippen LogP contribution in [0.25, 0.3) is 0 Å². The summed E-state index contributed by atoms with van der Waals surface area (Å²) in [6, 6.07) is 9.19. The average molecular weight is 619 g/mol. The molecule has 38 heavy (non-hydrogen) atoms. The van der Waals surface area contributed by atoms with Crippen LogP contribution in [0.4, 0.5) is 0 Å². The summed E-state index contributed by atoms with van der Waals surface area (Å²) in [5.41, 5.74) is 5.35. The molecular weight excluding hydrogens is 589 g/mol. The van der Waals surface area contributed by atoms with Gasteiger partial charge in [-0.2, -0.15) is 0 Å². The fourth-order valence-corrected chi connectivity index (χ4v) is 6.92. The van der Waals surface area contributed by atoms with Crippen LogP contribution in [0.3, 0.4) is 0 Å². The first-order valence-electron chi connectivity index (χ1n) is 13.2. The van der Waals surface area contributed by atoms with E-state index in [1.807, 2.05) is 25.1 Å². The Kier molecular flexibility index (Phi) is 8.22. The molecule has 5 rings (SSSR count). The highest BCUT2D eigenvalue weighted by Crippen LogP contribution is 2.51. The van der Waals surface area contributed by atoms with Gasteiger partial charge in [-0.3, -0.25) is 9.59 Å². The molecule has 0 atom stereocenters. The van der Waals surface area contributed by atoms with Crippen LogP contribution in [0.15, 0.2) is 57.3 Å². The fraction of sp³-hybridized carbons (Fsp3) is 0.400. The molecule has 0 spiro atoms. The third-order valence-electron chi connectivity index (χ3n) is 7.45. The molecule has 200 valence electrons. The number of hydrogen-bond donors (Lipinski definition) is 0. The Morgan fingerprint density at radius 1 is 0.921 bits per heavy atom. The van der Waals surface area contributed by atoms with Crippen molar-refractivity contribution in [3.05, 3.63) is 78.5 Å². The highest BCUT2D eigenvalue weighted by Gasteiger charge is 2.43. The van der Waals surface area contributed by atoms with E-state index in [0.717, 1.165) is 65.9 Å². The maximum absolute atomic E-state index is 13.4. The van der Waals surface area contributed by atoms with Crippen molar-refractivity contribution < 1.29 is 19.1 Å². The topological polar surface area (TPSA) is 55.8 Å². The Morgan fingerprint density at radius 3 is 2.16 bits per heavy atom. The van der Waals surface area contributed by atoms with Crippen molar-refractivity contribution in [3.8, 4) is 11.5 Å². The second-order valence-electron chi connectivity index (χ2n) is 9.74. The SMILES string of the molecule is CCOc1cc(C2C3=C(CCCC3=O)N(CC)C3=C2C(=O)CCC3)cc(Br)c1OCc1ccc(Cl)cc1Cl. The Bertz CT molecular complexity index is 1320. The van der Waals surface area contributed by atoms with Gasteiger partial charge in [-0.15, -0.1) is 0 Å². The van der Waals surface area contributed by atoms with Crippen LogP contribution < -0.4 is 9.47 Å². The zero-order valence-electron chi connectivity index (χ0n) is 21.5. The minimum absolute atomic E-state index is 0.131. The van der Waals surface area contributed by atoms with Gasteiger partial charge < -0.3 is 14.4 Å². The first-order valence-corrected chi connectivity index (χ1v) is 14.7. The van der Waals surface area contributed by atoms with Crippen LogP contribution >= 0.6 is 39.1 Å². The minimum atomic E-state index is -0.404. The smallest absolute Gasteiger partial charge is 0.175 e. The zero-order valence-corrected chi connectivity index (χ0v) is 24.6. The van der Waals surface area contributed by atoms with Crippen molar-refractivity contribution in [3.63, 3.8) is 0 Å².